The van der Waals surface area contributed by atoms with Crippen molar-refractivity contribution in [3.8, 4) is 11.3 Å². The molecule has 0 saturated heterocycles. The average Bonchev–Trinajstić information content (AvgIpc) is 2.84. The highest BCUT2D eigenvalue weighted by Gasteiger charge is 2.10. The van der Waals surface area contributed by atoms with E-state index in [0.717, 1.165) is 11.3 Å². The van der Waals surface area contributed by atoms with Gasteiger partial charge in [0.25, 0.3) is 0 Å². The molecule has 0 amide bonds. The minimum Gasteiger partial charge on any atom is -0.383 e. The summed E-state index contributed by atoms with van der Waals surface area (Å²) in [5, 5.41) is 4.16. The normalized spacial score (nSPS) is 10.8. The van der Waals surface area contributed by atoms with Crippen molar-refractivity contribution in [2.45, 2.75) is 13.1 Å². The molecule has 0 aliphatic rings. The van der Waals surface area contributed by atoms with Crippen molar-refractivity contribution in [3.63, 3.8) is 0 Å². The average molecular weight is 249 g/mol. The maximum atomic E-state index is 14.0. The molecule has 0 spiro atoms. The highest BCUT2D eigenvalue weighted by molar-refractivity contribution is 5.60. The Morgan fingerprint density at radius 2 is 2.22 bits per heavy atom. The minimum absolute atomic E-state index is 0.280. The number of benzene rings is 1. The number of methoxy groups -OCH3 is 1. The van der Waals surface area contributed by atoms with Crippen LogP contribution in [0.25, 0.3) is 11.3 Å². The SMILES string of the molecule is COCCn1nccc1-c1ccc(CN)cc1F. The van der Waals surface area contributed by atoms with Gasteiger partial charge in [0.1, 0.15) is 5.82 Å². The monoisotopic (exact) mass is 249 g/mol. The van der Waals surface area contributed by atoms with Crippen LogP contribution in [0.4, 0.5) is 4.39 Å². The van der Waals surface area contributed by atoms with E-state index in [-0.39, 0.29) is 5.82 Å². The molecule has 0 bridgehead atoms. The smallest absolute Gasteiger partial charge is 0.132 e. The molecule has 2 N–H and O–H groups in total. The first kappa shape index (κ1) is 12.7. The zero-order chi connectivity index (χ0) is 13.0. The summed E-state index contributed by atoms with van der Waals surface area (Å²) in [7, 11) is 1.62. The summed E-state index contributed by atoms with van der Waals surface area (Å²) in [5.74, 6) is -0.280. The van der Waals surface area contributed by atoms with Gasteiger partial charge < -0.3 is 10.5 Å². The first-order valence-electron chi connectivity index (χ1n) is 5.76. The van der Waals surface area contributed by atoms with Crippen LogP contribution in [0.3, 0.4) is 0 Å². The first-order chi connectivity index (χ1) is 8.76. The Labute approximate surface area is 105 Å². The Morgan fingerprint density at radius 3 is 2.89 bits per heavy atom. The van der Waals surface area contributed by atoms with Gasteiger partial charge in [0.15, 0.2) is 0 Å². The van der Waals surface area contributed by atoms with E-state index in [2.05, 4.69) is 5.10 Å². The molecule has 0 atom stereocenters. The van der Waals surface area contributed by atoms with Crippen molar-refractivity contribution >= 4 is 0 Å². The van der Waals surface area contributed by atoms with Gasteiger partial charge in [0.05, 0.1) is 18.8 Å². The number of hydrogen-bond acceptors (Lipinski definition) is 3. The van der Waals surface area contributed by atoms with Crippen molar-refractivity contribution in [1.82, 2.24) is 9.78 Å². The first-order valence-corrected chi connectivity index (χ1v) is 5.76. The number of halogens is 1. The Bertz CT molecular complexity index is 525. The lowest BCUT2D eigenvalue weighted by Crippen LogP contribution is -2.08. The van der Waals surface area contributed by atoms with Gasteiger partial charge in [-0.25, -0.2) is 4.39 Å². The molecular weight excluding hydrogens is 233 g/mol. The van der Waals surface area contributed by atoms with Gasteiger partial charge >= 0.3 is 0 Å². The van der Waals surface area contributed by atoms with Crippen LogP contribution < -0.4 is 5.73 Å². The molecule has 1 heterocycles. The largest absolute Gasteiger partial charge is 0.383 e. The summed E-state index contributed by atoms with van der Waals surface area (Å²) in [5.41, 5.74) is 7.53. The van der Waals surface area contributed by atoms with Crippen LogP contribution >= 0.6 is 0 Å². The summed E-state index contributed by atoms with van der Waals surface area (Å²) in [6.45, 7) is 1.47. The number of nitrogens with zero attached hydrogens (tertiary/aromatic N) is 2. The Hall–Kier alpha value is -1.72. The lowest BCUT2D eigenvalue weighted by atomic mass is 10.1. The van der Waals surface area contributed by atoms with Crippen molar-refractivity contribution < 1.29 is 9.13 Å². The van der Waals surface area contributed by atoms with E-state index in [0.29, 0.717) is 25.3 Å². The van der Waals surface area contributed by atoms with E-state index in [1.807, 2.05) is 6.07 Å². The molecule has 0 saturated carbocycles. The zero-order valence-corrected chi connectivity index (χ0v) is 10.3. The molecule has 2 rings (SSSR count). The van der Waals surface area contributed by atoms with Gasteiger partial charge in [-0.1, -0.05) is 6.07 Å². The minimum atomic E-state index is -0.280. The Morgan fingerprint density at radius 1 is 1.39 bits per heavy atom. The van der Waals surface area contributed by atoms with Gasteiger partial charge in [0, 0.05) is 25.4 Å². The van der Waals surface area contributed by atoms with Crippen molar-refractivity contribution in [3.05, 3.63) is 41.8 Å². The third-order valence-electron chi connectivity index (χ3n) is 2.77. The third kappa shape index (κ3) is 2.57. The Kier molecular flexibility index (Phi) is 4.07. The second-order valence-electron chi connectivity index (χ2n) is 3.95. The van der Waals surface area contributed by atoms with Crippen LogP contribution in [0.1, 0.15) is 5.56 Å². The highest BCUT2D eigenvalue weighted by atomic mass is 19.1. The van der Waals surface area contributed by atoms with Gasteiger partial charge in [-0.15, -0.1) is 0 Å². The predicted molar refractivity (Wildman–Crippen MR) is 67.4 cm³/mol. The quantitative estimate of drug-likeness (QED) is 0.879. The second kappa shape index (κ2) is 5.75. The number of ether oxygens (including phenoxy) is 1. The number of hydrogen-bond donors (Lipinski definition) is 1. The molecular formula is C13H16FN3O. The Balaban J connectivity index is 2.33. The van der Waals surface area contributed by atoms with Gasteiger partial charge in [0.2, 0.25) is 0 Å². The standard InChI is InChI=1S/C13H16FN3O/c1-18-7-6-17-13(4-5-16-17)11-3-2-10(9-15)8-12(11)14/h2-5,8H,6-7,9,15H2,1H3. The molecule has 4 nitrogen and oxygen atoms in total. The molecule has 1 aromatic heterocycles. The lowest BCUT2D eigenvalue weighted by Gasteiger charge is -2.09. The fraction of sp³-hybridized carbons (Fsp3) is 0.308. The molecule has 5 heteroatoms. The number of nitrogens with two attached hydrogens (primary N) is 1. The fourth-order valence-corrected chi connectivity index (χ4v) is 1.81. The van der Waals surface area contributed by atoms with Crippen LogP contribution in [-0.4, -0.2) is 23.5 Å². The van der Waals surface area contributed by atoms with Gasteiger partial charge in [-0.05, 0) is 23.8 Å². The molecule has 2 aromatic rings. The molecule has 0 aliphatic carbocycles. The third-order valence-corrected chi connectivity index (χ3v) is 2.77. The number of aromatic nitrogens is 2. The maximum Gasteiger partial charge on any atom is 0.132 e. The molecule has 96 valence electrons. The van der Waals surface area contributed by atoms with Crippen LogP contribution in [-0.2, 0) is 17.8 Å². The van der Waals surface area contributed by atoms with Crippen LogP contribution in [0.2, 0.25) is 0 Å². The van der Waals surface area contributed by atoms with Crippen LogP contribution in [0.15, 0.2) is 30.5 Å². The van der Waals surface area contributed by atoms with Crippen LogP contribution in [0, 0.1) is 5.82 Å². The van der Waals surface area contributed by atoms with Crippen LogP contribution in [0.5, 0.6) is 0 Å². The molecule has 0 unspecified atom stereocenters. The summed E-state index contributed by atoms with van der Waals surface area (Å²) in [6, 6.07) is 6.81. The fourth-order valence-electron chi connectivity index (χ4n) is 1.81. The van der Waals surface area contributed by atoms with E-state index in [4.69, 9.17) is 10.5 Å². The van der Waals surface area contributed by atoms with Crippen molar-refractivity contribution in [2.75, 3.05) is 13.7 Å². The molecule has 1 aromatic carbocycles. The summed E-state index contributed by atoms with van der Waals surface area (Å²) >= 11 is 0. The predicted octanol–water partition coefficient (Wildman–Crippen LogP) is 1.79. The lowest BCUT2D eigenvalue weighted by molar-refractivity contribution is 0.184. The van der Waals surface area contributed by atoms with E-state index >= 15 is 0 Å². The number of rotatable bonds is 5. The summed E-state index contributed by atoms with van der Waals surface area (Å²) < 4.78 is 20.7. The van der Waals surface area contributed by atoms with Crippen molar-refractivity contribution in [2.24, 2.45) is 5.73 Å². The molecule has 18 heavy (non-hydrogen) atoms. The van der Waals surface area contributed by atoms with Crippen molar-refractivity contribution in [1.29, 1.82) is 0 Å². The highest BCUT2D eigenvalue weighted by Crippen LogP contribution is 2.23. The molecule has 0 aliphatic heterocycles. The van der Waals surface area contributed by atoms with Gasteiger partial charge in [-0.3, -0.25) is 4.68 Å². The van der Waals surface area contributed by atoms with E-state index in [1.165, 1.54) is 6.07 Å². The topological polar surface area (TPSA) is 53.1 Å². The zero-order valence-electron chi connectivity index (χ0n) is 10.3. The maximum absolute atomic E-state index is 14.0. The van der Waals surface area contributed by atoms with Gasteiger partial charge in [-0.2, -0.15) is 5.10 Å². The summed E-state index contributed by atoms with van der Waals surface area (Å²) in [4.78, 5) is 0. The van der Waals surface area contributed by atoms with E-state index in [1.54, 1.807) is 30.1 Å². The molecule has 0 fully saturated rings. The van der Waals surface area contributed by atoms with E-state index in [9.17, 15) is 4.39 Å². The second-order valence-corrected chi connectivity index (χ2v) is 3.95. The summed E-state index contributed by atoms with van der Waals surface area (Å²) in [6.07, 6.45) is 1.65. The molecule has 0 radical (unpaired) electrons. The van der Waals surface area contributed by atoms with E-state index < -0.39 is 0 Å².